The lowest BCUT2D eigenvalue weighted by molar-refractivity contribution is -0.122. The second-order valence-electron chi connectivity index (χ2n) is 6.50. The van der Waals surface area contributed by atoms with Crippen molar-refractivity contribution in [1.82, 2.24) is 4.90 Å². The molecule has 0 unspecified atom stereocenters. The number of hydrogen-bond donors (Lipinski definition) is 0. The second-order valence-corrected chi connectivity index (χ2v) is 6.50. The summed E-state index contributed by atoms with van der Waals surface area (Å²) in [5.74, 6) is 0.416. The number of nitrogens with zero attached hydrogens (tertiary/aromatic N) is 2. The van der Waals surface area contributed by atoms with Crippen molar-refractivity contribution < 1.29 is 9.53 Å². The van der Waals surface area contributed by atoms with Crippen molar-refractivity contribution in [2.75, 3.05) is 13.2 Å². The van der Waals surface area contributed by atoms with Crippen LogP contribution in [0.4, 0.5) is 0 Å². The van der Waals surface area contributed by atoms with E-state index in [2.05, 4.69) is 6.07 Å². The Morgan fingerprint density at radius 1 is 0.893 bits per heavy atom. The van der Waals surface area contributed by atoms with Gasteiger partial charge in [-0.1, -0.05) is 60.7 Å². The maximum Gasteiger partial charge on any atom is 0.259 e. The van der Waals surface area contributed by atoms with Crippen LogP contribution in [0.15, 0.2) is 83.1 Å². The van der Waals surface area contributed by atoms with Gasteiger partial charge in [0.15, 0.2) is 0 Å². The van der Waals surface area contributed by atoms with Crippen LogP contribution in [0, 0.1) is 11.3 Å². The Labute approximate surface area is 164 Å². The highest BCUT2D eigenvalue weighted by Gasteiger charge is 2.45. The minimum absolute atomic E-state index is 0.0855. The van der Waals surface area contributed by atoms with Crippen LogP contribution in [0.1, 0.15) is 25.0 Å². The molecule has 1 heterocycles. The molecule has 0 saturated heterocycles. The van der Waals surface area contributed by atoms with Gasteiger partial charge >= 0.3 is 0 Å². The molecule has 138 valence electrons. The molecule has 1 aliphatic heterocycles. The van der Waals surface area contributed by atoms with Crippen molar-refractivity contribution in [3.05, 3.63) is 94.3 Å². The molecule has 4 heteroatoms. The normalized spacial score (nSPS) is 16.0. The summed E-state index contributed by atoms with van der Waals surface area (Å²) in [6.07, 6.45) is 0. The first-order valence-corrected chi connectivity index (χ1v) is 9.42. The summed E-state index contributed by atoms with van der Waals surface area (Å²) in [5.41, 5.74) is 4.98. The van der Waals surface area contributed by atoms with Crippen molar-refractivity contribution in [3.63, 3.8) is 0 Å². The lowest BCUT2D eigenvalue weighted by Crippen LogP contribution is -2.25. The van der Waals surface area contributed by atoms with Gasteiger partial charge in [0, 0.05) is 12.1 Å². The van der Waals surface area contributed by atoms with Crippen molar-refractivity contribution in [3.8, 4) is 6.07 Å². The predicted octanol–water partition coefficient (Wildman–Crippen LogP) is 4.54. The fourth-order valence-corrected chi connectivity index (χ4v) is 3.90. The molecule has 0 N–H and O–H groups in total. The average Bonchev–Trinajstić information content (AvgIpc) is 3.21. The molecule has 0 saturated carbocycles. The molecule has 0 aromatic heterocycles. The largest absolute Gasteiger partial charge is 0.492 e. The summed E-state index contributed by atoms with van der Waals surface area (Å²) in [6, 6.07) is 21.7. The predicted molar refractivity (Wildman–Crippen MR) is 108 cm³/mol. The number of benzene rings is 2. The summed E-state index contributed by atoms with van der Waals surface area (Å²) in [4.78, 5) is 15.2. The first-order valence-electron chi connectivity index (χ1n) is 9.42. The number of hydrogen-bond acceptors (Lipinski definition) is 3. The minimum atomic E-state index is -0.0855. The number of fused-ring (bicyclic) bond motifs is 1. The van der Waals surface area contributed by atoms with E-state index in [1.807, 2.05) is 74.5 Å². The van der Waals surface area contributed by atoms with Crippen LogP contribution in [-0.4, -0.2) is 24.0 Å². The highest BCUT2D eigenvalue weighted by molar-refractivity contribution is 6.21. The van der Waals surface area contributed by atoms with Crippen molar-refractivity contribution in [1.29, 1.82) is 5.26 Å². The first-order chi connectivity index (χ1) is 13.7. The molecule has 2 aliphatic rings. The highest BCUT2D eigenvalue weighted by Crippen LogP contribution is 2.51. The number of carbonyl (C=O) groups is 1. The maximum absolute atomic E-state index is 13.4. The van der Waals surface area contributed by atoms with Crippen molar-refractivity contribution >= 4 is 17.2 Å². The molecule has 2 aromatic carbocycles. The van der Waals surface area contributed by atoms with E-state index in [-0.39, 0.29) is 5.91 Å². The number of carbonyl (C=O) groups excluding carboxylic acids is 1. The van der Waals surface area contributed by atoms with Gasteiger partial charge in [-0.2, -0.15) is 5.26 Å². The van der Waals surface area contributed by atoms with E-state index >= 15 is 0 Å². The highest BCUT2D eigenvalue weighted by atomic mass is 16.5. The first kappa shape index (κ1) is 17.8. The Morgan fingerprint density at radius 2 is 1.50 bits per heavy atom. The molecule has 1 amide bonds. The Hall–Kier alpha value is -3.58. The van der Waals surface area contributed by atoms with Gasteiger partial charge in [-0.05, 0) is 25.0 Å². The number of amides is 1. The fraction of sp³-hybridized carbons (Fsp3) is 0.167. The second kappa shape index (κ2) is 7.21. The molecule has 1 aliphatic carbocycles. The Morgan fingerprint density at radius 3 is 2.04 bits per heavy atom. The standard InChI is InChI=1S/C24H20N2O2/c1-3-26-22(17-13-9-6-10-14-17)21-20(24(26)27)19(16-11-7-5-8-12-16)18(15-25)23(21)28-4-2/h5-14H,3-4H2,1-2H3. The Kier molecular flexibility index (Phi) is 4.58. The van der Waals surface area contributed by atoms with E-state index in [0.29, 0.717) is 35.6 Å². The summed E-state index contributed by atoms with van der Waals surface area (Å²) >= 11 is 0. The molecule has 4 nitrogen and oxygen atoms in total. The van der Waals surface area contributed by atoms with E-state index in [9.17, 15) is 10.1 Å². The molecule has 0 radical (unpaired) electrons. The van der Waals surface area contributed by atoms with E-state index in [1.54, 1.807) is 4.90 Å². The minimum Gasteiger partial charge on any atom is -0.492 e. The Balaban J connectivity index is 2.09. The lowest BCUT2D eigenvalue weighted by Gasteiger charge is -2.20. The van der Waals surface area contributed by atoms with Gasteiger partial charge in [-0.15, -0.1) is 0 Å². The van der Waals surface area contributed by atoms with Gasteiger partial charge in [0.25, 0.3) is 5.91 Å². The van der Waals surface area contributed by atoms with Crippen LogP contribution >= 0.6 is 0 Å². The van der Waals surface area contributed by atoms with Crippen LogP contribution in [0.3, 0.4) is 0 Å². The van der Waals surface area contributed by atoms with E-state index in [0.717, 1.165) is 22.4 Å². The van der Waals surface area contributed by atoms with E-state index in [1.165, 1.54) is 0 Å². The topological polar surface area (TPSA) is 53.3 Å². The zero-order valence-electron chi connectivity index (χ0n) is 15.9. The SMILES string of the molecule is CCOC1=C(C#N)C(c2ccccc2)=C2C(=O)N(CC)C(c3ccccc3)=C12. The van der Waals surface area contributed by atoms with Gasteiger partial charge in [-0.3, -0.25) is 4.79 Å². The number of allylic oxidation sites excluding steroid dienone is 3. The van der Waals surface area contributed by atoms with Crippen LogP contribution in [0.2, 0.25) is 0 Å². The molecule has 28 heavy (non-hydrogen) atoms. The van der Waals surface area contributed by atoms with Crippen LogP contribution in [-0.2, 0) is 9.53 Å². The summed E-state index contributed by atoms with van der Waals surface area (Å²) in [5, 5.41) is 9.95. The monoisotopic (exact) mass is 368 g/mol. The molecule has 2 aromatic rings. The fourth-order valence-electron chi connectivity index (χ4n) is 3.90. The molecule has 4 rings (SSSR count). The third-order valence-corrected chi connectivity index (χ3v) is 5.00. The number of rotatable bonds is 5. The molecule has 0 atom stereocenters. The molecule has 0 bridgehead atoms. The number of nitriles is 1. The average molecular weight is 368 g/mol. The third kappa shape index (κ3) is 2.56. The number of ether oxygens (including phenoxy) is 1. The van der Waals surface area contributed by atoms with Gasteiger partial charge < -0.3 is 9.64 Å². The molecular weight excluding hydrogens is 348 g/mol. The Bertz CT molecular complexity index is 1070. The van der Waals surface area contributed by atoms with Crippen LogP contribution in [0.5, 0.6) is 0 Å². The van der Waals surface area contributed by atoms with Crippen molar-refractivity contribution in [2.24, 2.45) is 0 Å². The summed E-state index contributed by atoms with van der Waals surface area (Å²) < 4.78 is 5.94. The molecule has 0 spiro atoms. The van der Waals surface area contributed by atoms with Crippen LogP contribution in [0.25, 0.3) is 11.3 Å². The zero-order valence-corrected chi connectivity index (χ0v) is 15.9. The third-order valence-electron chi connectivity index (χ3n) is 5.00. The quantitative estimate of drug-likeness (QED) is 0.778. The van der Waals surface area contributed by atoms with Gasteiger partial charge in [0.05, 0.1) is 23.5 Å². The van der Waals surface area contributed by atoms with Crippen LogP contribution < -0.4 is 0 Å². The molecular formula is C24H20N2O2. The van der Waals surface area contributed by atoms with Gasteiger partial charge in [0.1, 0.15) is 17.4 Å². The molecule has 0 fully saturated rings. The van der Waals surface area contributed by atoms with Gasteiger partial charge in [-0.25, -0.2) is 0 Å². The van der Waals surface area contributed by atoms with E-state index in [4.69, 9.17) is 4.74 Å². The van der Waals surface area contributed by atoms with Gasteiger partial charge in [0.2, 0.25) is 0 Å². The summed E-state index contributed by atoms with van der Waals surface area (Å²) in [6.45, 7) is 4.81. The summed E-state index contributed by atoms with van der Waals surface area (Å²) in [7, 11) is 0. The maximum atomic E-state index is 13.4. The number of likely N-dealkylation sites (N-methyl/N-ethyl adjacent to an activating group) is 1. The smallest absolute Gasteiger partial charge is 0.259 e. The van der Waals surface area contributed by atoms with E-state index < -0.39 is 0 Å². The van der Waals surface area contributed by atoms with Crippen molar-refractivity contribution in [2.45, 2.75) is 13.8 Å². The zero-order chi connectivity index (χ0) is 19.7. The lowest BCUT2D eigenvalue weighted by atomic mass is 9.97.